The Hall–Kier alpha value is -3.41. The third kappa shape index (κ3) is 2.67. The average molecular weight is 336 g/mol. The molecule has 0 aliphatic rings. The molecule has 0 radical (unpaired) electrons. The molecule has 25 heavy (non-hydrogen) atoms. The number of fused-ring (bicyclic) bond motifs is 1. The van der Waals surface area contributed by atoms with E-state index < -0.39 is 5.97 Å². The SMILES string of the molecule is O=C(O)c1ccoc1-c1nn(Cc2ccccc2)c2cc(F)ccc12. The maximum Gasteiger partial charge on any atom is 0.339 e. The lowest BCUT2D eigenvalue weighted by atomic mass is 10.1. The van der Waals surface area contributed by atoms with Crippen LogP contribution in [0, 0.1) is 5.82 Å². The van der Waals surface area contributed by atoms with Gasteiger partial charge in [-0.25, -0.2) is 9.18 Å². The van der Waals surface area contributed by atoms with Crippen LogP contribution in [0.5, 0.6) is 0 Å². The molecule has 2 aromatic heterocycles. The van der Waals surface area contributed by atoms with E-state index in [2.05, 4.69) is 5.10 Å². The first-order valence-corrected chi connectivity index (χ1v) is 7.64. The Labute approximate surface area is 141 Å². The number of hydrogen-bond donors (Lipinski definition) is 1. The van der Waals surface area contributed by atoms with E-state index in [0.717, 1.165) is 5.56 Å². The second kappa shape index (κ2) is 5.90. The number of nitrogens with zero attached hydrogens (tertiary/aromatic N) is 2. The number of carboxylic acid groups (broad SMARTS) is 1. The van der Waals surface area contributed by atoms with Crippen LogP contribution in [0.1, 0.15) is 15.9 Å². The summed E-state index contributed by atoms with van der Waals surface area (Å²) in [6, 6.07) is 15.3. The van der Waals surface area contributed by atoms with Crippen molar-refractivity contribution in [3.63, 3.8) is 0 Å². The highest BCUT2D eigenvalue weighted by Crippen LogP contribution is 2.32. The van der Waals surface area contributed by atoms with Crippen molar-refractivity contribution in [1.82, 2.24) is 9.78 Å². The summed E-state index contributed by atoms with van der Waals surface area (Å²) in [5, 5.41) is 14.5. The van der Waals surface area contributed by atoms with E-state index in [0.29, 0.717) is 23.1 Å². The molecule has 5 nitrogen and oxygen atoms in total. The molecule has 0 saturated heterocycles. The number of benzene rings is 2. The quantitative estimate of drug-likeness (QED) is 0.607. The fourth-order valence-electron chi connectivity index (χ4n) is 2.85. The van der Waals surface area contributed by atoms with Crippen LogP contribution in [0.3, 0.4) is 0 Å². The summed E-state index contributed by atoms with van der Waals surface area (Å²) in [6.07, 6.45) is 1.31. The Morgan fingerprint density at radius 2 is 1.96 bits per heavy atom. The molecule has 0 bridgehead atoms. The van der Waals surface area contributed by atoms with Crippen molar-refractivity contribution in [1.29, 1.82) is 0 Å². The molecule has 6 heteroatoms. The summed E-state index contributed by atoms with van der Waals surface area (Å²) in [5.41, 5.74) is 1.98. The molecule has 4 rings (SSSR count). The molecule has 0 atom stereocenters. The number of hydrogen-bond acceptors (Lipinski definition) is 3. The highest BCUT2D eigenvalue weighted by Gasteiger charge is 2.22. The number of furan rings is 1. The number of carbonyl (C=O) groups is 1. The molecule has 0 amide bonds. The highest BCUT2D eigenvalue weighted by molar-refractivity contribution is 6.00. The van der Waals surface area contributed by atoms with Gasteiger partial charge in [-0.15, -0.1) is 0 Å². The van der Waals surface area contributed by atoms with Crippen LogP contribution in [0.25, 0.3) is 22.4 Å². The molecule has 0 unspecified atom stereocenters. The van der Waals surface area contributed by atoms with Crippen molar-refractivity contribution in [2.75, 3.05) is 0 Å². The van der Waals surface area contributed by atoms with E-state index in [1.54, 1.807) is 10.7 Å². The number of halogens is 1. The van der Waals surface area contributed by atoms with Gasteiger partial charge in [0.15, 0.2) is 5.76 Å². The van der Waals surface area contributed by atoms with Crippen molar-refractivity contribution >= 4 is 16.9 Å². The normalized spacial score (nSPS) is 11.1. The van der Waals surface area contributed by atoms with Crippen LogP contribution in [-0.2, 0) is 6.54 Å². The molecule has 0 fully saturated rings. The van der Waals surface area contributed by atoms with E-state index in [1.807, 2.05) is 30.3 Å². The zero-order valence-corrected chi connectivity index (χ0v) is 13.0. The lowest BCUT2D eigenvalue weighted by molar-refractivity contribution is 0.0697. The zero-order valence-electron chi connectivity index (χ0n) is 13.0. The third-order valence-electron chi connectivity index (χ3n) is 4.00. The minimum Gasteiger partial charge on any atom is -0.478 e. The molecule has 1 N–H and O–H groups in total. The molecule has 0 aliphatic carbocycles. The van der Waals surface area contributed by atoms with Gasteiger partial charge in [-0.1, -0.05) is 30.3 Å². The summed E-state index contributed by atoms with van der Waals surface area (Å²) in [6.45, 7) is 0.434. The van der Waals surface area contributed by atoms with E-state index in [-0.39, 0.29) is 17.1 Å². The molecule has 124 valence electrons. The monoisotopic (exact) mass is 336 g/mol. The van der Waals surface area contributed by atoms with E-state index in [9.17, 15) is 14.3 Å². The Bertz CT molecular complexity index is 1070. The maximum absolute atomic E-state index is 13.8. The summed E-state index contributed by atoms with van der Waals surface area (Å²) in [7, 11) is 0. The summed E-state index contributed by atoms with van der Waals surface area (Å²) >= 11 is 0. The Morgan fingerprint density at radius 3 is 2.72 bits per heavy atom. The van der Waals surface area contributed by atoms with Gasteiger partial charge < -0.3 is 9.52 Å². The maximum atomic E-state index is 13.8. The van der Waals surface area contributed by atoms with Crippen LogP contribution in [-0.4, -0.2) is 20.9 Å². The number of carboxylic acids is 1. The van der Waals surface area contributed by atoms with Crippen LogP contribution < -0.4 is 0 Å². The molecule has 0 saturated carbocycles. The summed E-state index contributed by atoms with van der Waals surface area (Å²) in [5.74, 6) is -1.32. The van der Waals surface area contributed by atoms with Crippen molar-refractivity contribution < 1.29 is 18.7 Å². The summed E-state index contributed by atoms with van der Waals surface area (Å²) < 4.78 is 20.8. The first kappa shape index (κ1) is 15.1. The predicted octanol–water partition coefficient (Wildman–Crippen LogP) is 4.18. The van der Waals surface area contributed by atoms with Gasteiger partial charge in [0.2, 0.25) is 0 Å². The lowest BCUT2D eigenvalue weighted by Crippen LogP contribution is -2.02. The molecule has 2 aromatic carbocycles. The predicted molar refractivity (Wildman–Crippen MR) is 89.9 cm³/mol. The van der Waals surface area contributed by atoms with E-state index in [4.69, 9.17) is 4.42 Å². The molecular formula is C19H13FN2O3. The number of aromatic nitrogens is 2. The molecule has 2 heterocycles. The summed E-state index contributed by atoms with van der Waals surface area (Å²) in [4.78, 5) is 11.4. The van der Waals surface area contributed by atoms with Crippen molar-refractivity contribution in [2.45, 2.75) is 6.54 Å². The first-order valence-electron chi connectivity index (χ1n) is 7.64. The Kier molecular flexibility index (Phi) is 3.57. The fourth-order valence-corrected chi connectivity index (χ4v) is 2.85. The van der Waals surface area contributed by atoms with Crippen LogP contribution in [0.15, 0.2) is 65.3 Å². The third-order valence-corrected chi connectivity index (χ3v) is 4.00. The second-order valence-corrected chi connectivity index (χ2v) is 5.62. The standard InChI is InChI=1S/C19H13FN2O3/c20-13-6-7-14-16(10-13)22(11-12-4-2-1-3-5-12)21-17(14)18-15(19(23)24)8-9-25-18/h1-10H,11H2,(H,23,24). The Balaban J connectivity index is 1.91. The van der Waals surface area contributed by atoms with Gasteiger partial charge >= 0.3 is 5.97 Å². The Morgan fingerprint density at radius 1 is 1.16 bits per heavy atom. The van der Waals surface area contributed by atoms with Crippen LogP contribution >= 0.6 is 0 Å². The lowest BCUT2D eigenvalue weighted by Gasteiger charge is -2.03. The van der Waals surface area contributed by atoms with Gasteiger partial charge in [0, 0.05) is 5.39 Å². The van der Waals surface area contributed by atoms with Gasteiger partial charge in [0.25, 0.3) is 0 Å². The van der Waals surface area contributed by atoms with Crippen molar-refractivity contribution in [2.24, 2.45) is 0 Å². The smallest absolute Gasteiger partial charge is 0.339 e. The van der Waals surface area contributed by atoms with Crippen LogP contribution in [0.4, 0.5) is 4.39 Å². The second-order valence-electron chi connectivity index (χ2n) is 5.62. The average Bonchev–Trinajstić information content (AvgIpc) is 3.21. The van der Waals surface area contributed by atoms with Gasteiger partial charge in [0.1, 0.15) is 17.1 Å². The van der Waals surface area contributed by atoms with Gasteiger partial charge in [0.05, 0.1) is 18.3 Å². The van der Waals surface area contributed by atoms with Gasteiger partial charge in [-0.05, 0) is 29.8 Å². The molecule has 4 aromatic rings. The largest absolute Gasteiger partial charge is 0.478 e. The number of aromatic carboxylic acids is 1. The van der Waals surface area contributed by atoms with E-state index in [1.165, 1.54) is 24.5 Å². The molecular weight excluding hydrogens is 323 g/mol. The zero-order chi connectivity index (χ0) is 17.4. The topological polar surface area (TPSA) is 68.3 Å². The first-order chi connectivity index (χ1) is 12.1. The minimum atomic E-state index is -1.10. The molecule has 0 aliphatic heterocycles. The van der Waals surface area contributed by atoms with Crippen molar-refractivity contribution in [3.05, 3.63) is 77.8 Å². The van der Waals surface area contributed by atoms with Gasteiger partial charge in [-0.3, -0.25) is 4.68 Å². The van der Waals surface area contributed by atoms with E-state index >= 15 is 0 Å². The van der Waals surface area contributed by atoms with Crippen LogP contribution in [0.2, 0.25) is 0 Å². The fraction of sp³-hybridized carbons (Fsp3) is 0.0526. The van der Waals surface area contributed by atoms with Crippen molar-refractivity contribution in [3.8, 4) is 11.5 Å². The number of rotatable bonds is 4. The molecule has 0 spiro atoms. The highest BCUT2D eigenvalue weighted by atomic mass is 19.1. The van der Waals surface area contributed by atoms with Gasteiger partial charge in [-0.2, -0.15) is 5.10 Å². The minimum absolute atomic E-state index is 0.0237.